The maximum absolute atomic E-state index is 12.6. The number of rotatable bonds is 8. The molecular formula is C22H22N2O4. The maximum Gasteiger partial charge on any atom is 0.267 e. The summed E-state index contributed by atoms with van der Waals surface area (Å²) in [6, 6.07) is 14.4. The smallest absolute Gasteiger partial charge is 0.267 e. The molecule has 6 nitrogen and oxygen atoms in total. The Balaban J connectivity index is 1.65. The molecule has 28 heavy (non-hydrogen) atoms. The van der Waals surface area contributed by atoms with Gasteiger partial charge >= 0.3 is 0 Å². The molecule has 0 atom stereocenters. The van der Waals surface area contributed by atoms with Crippen LogP contribution in [0.25, 0.3) is 6.08 Å². The van der Waals surface area contributed by atoms with Crippen molar-refractivity contribution in [1.29, 1.82) is 0 Å². The van der Waals surface area contributed by atoms with Crippen LogP contribution in [0.5, 0.6) is 0 Å². The van der Waals surface area contributed by atoms with Gasteiger partial charge in [-0.25, -0.2) is 0 Å². The second kappa shape index (κ2) is 9.41. The van der Waals surface area contributed by atoms with Gasteiger partial charge in [0.1, 0.15) is 17.2 Å². The first-order valence-electron chi connectivity index (χ1n) is 9.06. The van der Waals surface area contributed by atoms with Crippen molar-refractivity contribution in [2.45, 2.75) is 19.8 Å². The third-order valence-electron chi connectivity index (χ3n) is 4.18. The zero-order chi connectivity index (χ0) is 19.8. The van der Waals surface area contributed by atoms with Crippen LogP contribution in [0.15, 0.2) is 75.6 Å². The Labute approximate surface area is 163 Å². The van der Waals surface area contributed by atoms with Crippen molar-refractivity contribution in [3.8, 4) is 0 Å². The number of carbonyl (C=O) groups is 2. The molecule has 2 amide bonds. The van der Waals surface area contributed by atoms with E-state index in [2.05, 4.69) is 10.6 Å². The van der Waals surface area contributed by atoms with E-state index in [0.29, 0.717) is 17.9 Å². The molecule has 0 aliphatic heterocycles. The quantitative estimate of drug-likeness (QED) is 0.462. The first-order chi connectivity index (χ1) is 13.6. The van der Waals surface area contributed by atoms with E-state index < -0.39 is 0 Å². The highest BCUT2D eigenvalue weighted by atomic mass is 16.3. The van der Waals surface area contributed by atoms with Crippen molar-refractivity contribution in [2.75, 3.05) is 6.54 Å². The Kier molecular flexibility index (Phi) is 6.46. The van der Waals surface area contributed by atoms with Gasteiger partial charge in [0.05, 0.1) is 12.5 Å². The fourth-order valence-electron chi connectivity index (χ4n) is 2.71. The van der Waals surface area contributed by atoms with E-state index in [1.54, 1.807) is 30.5 Å². The minimum Gasteiger partial charge on any atom is -0.469 e. The maximum atomic E-state index is 12.6. The Hall–Kier alpha value is -3.54. The highest BCUT2D eigenvalue weighted by Crippen LogP contribution is 2.10. The predicted octanol–water partition coefficient (Wildman–Crippen LogP) is 3.70. The fourth-order valence-corrected chi connectivity index (χ4v) is 2.71. The van der Waals surface area contributed by atoms with E-state index >= 15 is 0 Å². The largest absolute Gasteiger partial charge is 0.469 e. The molecule has 0 fully saturated rings. The van der Waals surface area contributed by atoms with Gasteiger partial charge in [0.15, 0.2) is 0 Å². The lowest BCUT2D eigenvalue weighted by molar-refractivity contribution is -0.117. The number of benzene rings is 1. The molecule has 0 aliphatic carbocycles. The Bertz CT molecular complexity index is 941. The van der Waals surface area contributed by atoms with Gasteiger partial charge in [-0.2, -0.15) is 0 Å². The standard InChI is InChI=1S/C22H22N2O4/c1-16-7-2-3-11-19(16)21(25)24-20(15-18-10-6-14-28-18)22(26)23-12-4-8-17-9-5-13-27-17/h2-3,5-7,9-11,13-15H,4,8,12H2,1H3,(H,23,26)(H,24,25)/b20-15-. The van der Waals surface area contributed by atoms with Gasteiger partial charge in [0, 0.05) is 24.6 Å². The van der Waals surface area contributed by atoms with Gasteiger partial charge in [-0.15, -0.1) is 0 Å². The summed E-state index contributed by atoms with van der Waals surface area (Å²) < 4.78 is 10.6. The van der Waals surface area contributed by atoms with E-state index in [1.165, 1.54) is 12.3 Å². The van der Waals surface area contributed by atoms with Crippen LogP contribution in [-0.2, 0) is 11.2 Å². The monoisotopic (exact) mass is 378 g/mol. The molecule has 2 N–H and O–H groups in total. The predicted molar refractivity (Wildman–Crippen MR) is 105 cm³/mol. The summed E-state index contributed by atoms with van der Waals surface area (Å²) >= 11 is 0. The molecule has 2 aromatic heterocycles. The Morgan fingerprint density at radius 1 is 1.00 bits per heavy atom. The first kappa shape index (κ1) is 19.2. The number of amides is 2. The van der Waals surface area contributed by atoms with Crippen LogP contribution in [0.3, 0.4) is 0 Å². The number of hydrogen-bond acceptors (Lipinski definition) is 4. The van der Waals surface area contributed by atoms with Crippen LogP contribution >= 0.6 is 0 Å². The summed E-state index contributed by atoms with van der Waals surface area (Å²) in [6.07, 6.45) is 6.09. The highest BCUT2D eigenvalue weighted by molar-refractivity contribution is 6.05. The van der Waals surface area contributed by atoms with Crippen molar-refractivity contribution in [3.05, 3.63) is 89.4 Å². The summed E-state index contributed by atoms with van der Waals surface area (Å²) in [6.45, 7) is 2.30. The van der Waals surface area contributed by atoms with Crippen molar-refractivity contribution < 1.29 is 18.4 Å². The SMILES string of the molecule is Cc1ccccc1C(=O)N/C(=C\c1ccco1)C(=O)NCCCc1ccco1. The normalized spacial score (nSPS) is 11.2. The molecule has 0 aliphatic rings. The molecule has 3 rings (SSSR count). The van der Waals surface area contributed by atoms with Crippen LogP contribution in [0.2, 0.25) is 0 Å². The molecule has 6 heteroatoms. The summed E-state index contributed by atoms with van der Waals surface area (Å²) in [5.74, 6) is 0.624. The molecule has 0 saturated heterocycles. The van der Waals surface area contributed by atoms with Crippen LogP contribution in [0, 0.1) is 6.92 Å². The van der Waals surface area contributed by atoms with E-state index in [9.17, 15) is 9.59 Å². The lowest BCUT2D eigenvalue weighted by Gasteiger charge is -2.11. The lowest BCUT2D eigenvalue weighted by Crippen LogP contribution is -2.35. The van der Waals surface area contributed by atoms with Crippen molar-refractivity contribution in [3.63, 3.8) is 0 Å². The van der Waals surface area contributed by atoms with Gasteiger partial charge in [0.25, 0.3) is 11.8 Å². The van der Waals surface area contributed by atoms with Gasteiger partial charge in [-0.05, 0) is 49.2 Å². The number of nitrogens with one attached hydrogen (secondary N) is 2. The molecule has 0 saturated carbocycles. The minimum atomic E-state index is -0.377. The van der Waals surface area contributed by atoms with Gasteiger partial charge in [0.2, 0.25) is 0 Å². The average molecular weight is 378 g/mol. The molecule has 144 valence electrons. The van der Waals surface area contributed by atoms with Crippen LogP contribution in [0.1, 0.15) is 33.9 Å². The first-order valence-corrected chi connectivity index (χ1v) is 9.06. The Morgan fingerprint density at radius 3 is 2.50 bits per heavy atom. The molecular weight excluding hydrogens is 356 g/mol. The van der Waals surface area contributed by atoms with Crippen molar-refractivity contribution in [2.24, 2.45) is 0 Å². The zero-order valence-corrected chi connectivity index (χ0v) is 15.6. The van der Waals surface area contributed by atoms with E-state index in [1.807, 2.05) is 31.2 Å². The van der Waals surface area contributed by atoms with E-state index in [0.717, 1.165) is 24.2 Å². The van der Waals surface area contributed by atoms with Gasteiger partial charge in [-0.3, -0.25) is 9.59 Å². The number of hydrogen-bond donors (Lipinski definition) is 2. The van der Waals surface area contributed by atoms with E-state index in [4.69, 9.17) is 8.83 Å². The second-order valence-electron chi connectivity index (χ2n) is 6.28. The lowest BCUT2D eigenvalue weighted by atomic mass is 10.1. The highest BCUT2D eigenvalue weighted by Gasteiger charge is 2.16. The molecule has 0 radical (unpaired) electrons. The molecule has 3 aromatic rings. The second-order valence-corrected chi connectivity index (χ2v) is 6.28. The van der Waals surface area contributed by atoms with Crippen LogP contribution in [0.4, 0.5) is 0 Å². The molecule has 2 heterocycles. The number of carbonyl (C=O) groups excluding carboxylic acids is 2. The summed E-state index contributed by atoms with van der Waals surface area (Å²) in [5, 5.41) is 5.52. The topological polar surface area (TPSA) is 84.5 Å². The minimum absolute atomic E-state index is 0.126. The molecule has 0 bridgehead atoms. The van der Waals surface area contributed by atoms with Gasteiger partial charge in [-0.1, -0.05) is 18.2 Å². The third-order valence-corrected chi connectivity index (χ3v) is 4.18. The number of aryl methyl sites for hydroxylation is 2. The fraction of sp³-hybridized carbons (Fsp3) is 0.182. The zero-order valence-electron chi connectivity index (χ0n) is 15.6. The molecule has 0 unspecified atom stereocenters. The summed E-state index contributed by atoms with van der Waals surface area (Å²) in [7, 11) is 0. The summed E-state index contributed by atoms with van der Waals surface area (Å²) in [4.78, 5) is 25.2. The molecule has 1 aromatic carbocycles. The Morgan fingerprint density at radius 2 is 1.79 bits per heavy atom. The van der Waals surface area contributed by atoms with E-state index in [-0.39, 0.29) is 17.5 Å². The number of furan rings is 2. The third kappa shape index (κ3) is 5.23. The van der Waals surface area contributed by atoms with Crippen molar-refractivity contribution >= 4 is 17.9 Å². The molecule has 0 spiro atoms. The van der Waals surface area contributed by atoms with Gasteiger partial charge < -0.3 is 19.5 Å². The van der Waals surface area contributed by atoms with Crippen molar-refractivity contribution in [1.82, 2.24) is 10.6 Å². The van der Waals surface area contributed by atoms with Crippen LogP contribution < -0.4 is 10.6 Å². The average Bonchev–Trinajstić information content (AvgIpc) is 3.39. The van der Waals surface area contributed by atoms with Crippen LogP contribution in [-0.4, -0.2) is 18.4 Å². The summed E-state index contributed by atoms with van der Waals surface area (Å²) in [5.41, 5.74) is 1.47.